The Morgan fingerprint density at radius 1 is 1.35 bits per heavy atom. The number of rotatable bonds is 8. The van der Waals surface area contributed by atoms with Crippen LogP contribution in [0.1, 0.15) is 44.9 Å². The van der Waals surface area contributed by atoms with Gasteiger partial charge in [0.05, 0.1) is 11.5 Å². The molecule has 0 saturated carbocycles. The van der Waals surface area contributed by atoms with Crippen molar-refractivity contribution in [1.82, 2.24) is 0 Å². The first-order chi connectivity index (χ1) is 8.03. The van der Waals surface area contributed by atoms with Gasteiger partial charge in [-0.05, 0) is 38.0 Å². The van der Waals surface area contributed by atoms with E-state index in [9.17, 15) is 8.42 Å². The summed E-state index contributed by atoms with van der Waals surface area (Å²) in [7, 11) is -2.74. The maximum absolute atomic E-state index is 11.3. The number of unbranched alkanes of at least 4 members (excludes halogenated alkanes) is 3. The maximum atomic E-state index is 11.3. The van der Waals surface area contributed by atoms with Gasteiger partial charge in [-0.2, -0.15) is 0 Å². The highest BCUT2D eigenvalue weighted by molar-refractivity contribution is 7.91. The van der Waals surface area contributed by atoms with E-state index >= 15 is 0 Å². The molecule has 3 nitrogen and oxygen atoms in total. The Kier molecular flexibility index (Phi) is 6.20. The van der Waals surface area contributed by atoms with Gasteiger partial charge in [-0.25, -0.2) is 8.42 Å². The van der Waals surface area contributed by atoms with Crippen molar-refractivity contribution in [2.45, 2.75) is 51.0 Å². The largest absolute Gasteiger partial charge is 0.328 e. The second-order valence-corrected chi connectivity index (χ2v) is 7.42. The lowest BCUT2D eigenvalue weighted by molar-refractivity contribution is 0.438. The maximum Gasteiger partial charge on any atom is 0.150 e. The van der Waals surface area contributed by atoms with E-state index < -0.39 is 9.84 Å². The Balaban J connectivity index is 2.09. The zero-order chi connectivity index (χ0) is 12.7. The standard InChI is InChI=1S/C13H25NO2S/c1-2-3-4-5-6-7-13(14)10-12-8-9-17(15,16)11-12/h2,12-13H,1,3-11,14H2. The van der Waals surface area contributed by atoms with Crippen LogP contribution in [0.25, 0.3) is 0 Å². The van der Waals surface area contributed by atoms with Crippen molar-refractivity contribution >= 4 is 9.84 Å². The molecule has 100 valence electrons. The van der Waals surface area contributed by atoms with Gasteiger partial charge < -0.3 is 5.73 Å². The van der Waals surface area contributed by atoms with Gasteiger partial charge in [-0.15, -0.1) is 6.58 Å². The van der Waals surface area contributed by atoms with Gasteiger partial charge in [0.1, 0.15) is 0 Å². The highest BCUT2D eigenvalue weighted by Gasteiger charge is 2.28. The zero-order valence-corrected chi connectivity index (χ0v) is 11.4. The van der Waals surface area contributed by atoms with Crippen LogP contribution >= 0.6 is 0 Å². The molecule has 0 amide bonds. The summed E-state index contributed by atoms with van der Waals surface area (Å²) in [5.41, 5.74) is 6.04. The molecular formula is C13H25NO2S. The van der Waals surface area contributed by atoms with Gasteiger partial charge in [0, 0.05) is 6.04 Å². The SMILES string of the molecule is C=CCCCCCC(N)CC1CCS(=O)(=O)C1. The summed E-state index contributed by atoms with van der Waals surface area (Å²) in [5.74, 6) is 1.03. The second kappa shape index (κ2) is 7.17. The van der Waals surface area contributed by atoms with E-state index in [4.69, 9.17) is 5.73 Å². The quantitative estimate of drug-likeness (QED) is 0.537. The molecule has 1 saturated heterocycles. The van der Waals surface area contributed by atoms with Crippen molar-refractivity contribution in [3.05, 3.63) is 12.7 Å². The van der Waals surface area contributed by atoms with E-state index in [2.05, 4.69) is 6.58 Å². The van der Waals surface area contributed by atoms with E-state index in [1.165, 1.54) is 12.8 Å². The topological polar surface area (TPSA) is 60.2 Å². The Hall–Kier alpha value is -0.350. The molecule has 0 aromatic carbocycles. The molecule has 0 bridgehead atoms. The molecule has 1 heterocycles. The molecule has 1 aliphatic rings. The van der Waals surface area contributed by atoms with Crippen LogP contribution in [0.3, 0.4) is 0 Å². The van der Waals surface area contributed by atoms with Gasteiger partial charge in [-0.3, -0.25) is 0 Å². The molecule has 0 aliphatic carbocycles. The molecule has 0 spiro atoms. The molecule has 0 aromatic rings. The molecule has 1 aliphatic heterocycles. The zero-order valence-electron chi connectivity index (χ0n) is 10.6. The van der Waals surface area contributed by atoms with Gasteiger partial charge in [0.2, 0.25) is 0 Å². The fourth-order valence-electron chi connectivity index (χ4n) is 2.48. The highest BCUT2D eigenvalue weighted by atomic mass is 32.2. The Bertz CT molecular complexity index is 324. The predicted molar refractivity (Wildman–Crippen MR) is 72.6 cm³/mol. The van der Waals surface area contributed by atoms with E-state index in [-0.39, 0.29) is 6.04 Å². The number of nitrogens with two attached hydrogens (primary N) is 1. The smallest absolute Gasteiger partial charge is 0.150 e. The predicted octanol–water partition coefficient (Wildman–Crippen LogP) is 2.28. The summed E-state index contributed by atoms with van der Waals surface area (Å²) in [4.78, 5) is 0. The lowest BCUT2D eigenvalue weighted by Crippen LogP contribution is -2.24. The third-order valence-electron chi connectivity index (χ3n) is 3.45. The van der Waals surface area contributed by atoms with E-state index in [0.29, 0.717) is 17.4 Å². The molecule has 2 N–H and O–H groups in total. The Labute approximate surface area is 105 Å². The highest BCUT2D eigenvalue weighted by Crippen LogP contribution is 2.23. The molecule has 4 heteroatoms. The van der Waals surface area contributed by atoms with Gasteiger partial charge in [0.15, 0.2) is 9.84 Å². The van der Waals surface area contributed by atoms with Crippen molar-refractivity contribution in [3.8, 4) is 0 Å². The average Bonchev–Trinajstić information content (AvgIpc) is 2.57. The van der Waals surface area contributed by atoms with E-state index in [0.717, 1.165) is 32.1 Å². The van der Waals surface area contributed by atoms with E-state index in [1.54, 1.807) is 0 Å². The van der Waals surface area contributed by atoms with Crippen LogP contribution in [-0.2, 0) is 9.84 Å². The summed E-state index contributed by atoms with van der Waals surface area (Å²) in [6.07, 6.45) is 9.27. The van der Waals surface area contributed by atoms with Crippen LogP contribution in [0.4, 0.5) is 0 Å². The van der Waals surface area contributed by atoms with Crippen LogP contribution in [0.2, 0.25) is 0 Å². The summed E-state index contributed by atoms with van der Waals surface area (Å²) in [6.45, 7) is 3.69. The third-order valence-corrected chi connectivity index (χ3v) is 5.28. The van der Waals surface area contributed by atoms with Crippen molar-refractivity contribution in [3.63, 3.8) is 0 Å². The minimum absolute atomic E-state index is 0.178. The minimum Gasteiger partial charge on any atom is -0.328 e. The number of allylic oxidation sites excluding steroid dienone is 1. The van der Waals surface area contributed by atoms with Crippen LogP contribution in [-0.4, -0.2) is 26.0 Å². The van der Waals surface area contributed by atoms with Crippen molar-refractivity contribution in [1.29, 1.82) is 0 Å². The second-order valence-electron chi connectivity index (χ2n) is 5.19. The molecule has 0 radical (unpaired) electrons. The monoisotopic (exact) mass is 259 g/mol. The summed E-state index contributed by atoms with van der Waals surface area (Å²) < 4.78 is 22.6. The number of sulfone groups is 1. The lowest BCUT2D eigenvalue weighted by Gasteiger charge is -2.15. The summed E-state index contributed by atoms with van der Waals surface area (Å²) in [6, 6.07) is 0.178. The van der Waals surface area contributed by atoms with Crippen LogP contribution in [0, 0.1) is 5.92 Å². The van der Waals surface area contributed by atoms with Crippen molar-refractivity contribution < 1.29 is 8.42 Å². The Morgan fingerprint density at radius 3 is 2.71 bits per heavy atom. The first-order valence-electron chi connectivity index (χ1n) is 6.60. The van der Waals surface area contributed by atoms with Gasteiger partial charge in [-0.1, -0.05) is 18.9 Å². The molecule has 2 unspecified atom stereocenters. The first kappa shape index (κ1) is 14.7. The lowest BCUT2D eigenvalue weighted by atomic mass is 9.96. The van der Waals surface area contributed by atoms with Crippen LogP contribution in [0.15, 0.2) is 12.7 Å². The van der Waals surface area contributed by atoms with Crippen LogP contribution < -0.4 is 5.73 Å². The fourth-order valence-corrected chi connectivity index (χ4v) is 4.36. The number of hydrogen-bond acceptors (Lipinski definition) is 3. The van der Waals surface area contributed by atoms with Crippen molar-refractivity contribution in [2.24, 2.45) is 11.7 Å². The molecule has 1 fully saturated rings. The average molecular weight is 259 g/mol. The first-order valence-corrected chi connectivity index (χ1v) is 8.42. The summed E-state index contributed by atoms with van der Waals surface area (Å²) >= 11 is 0. The van der Waals surface area contributed by atoms with Crippen LogP contribution in [0.5, 0.6) is 0 Å². The molecular weight excluding hydrogens is 234 g/mol. The van der Waals surface area contributed by atoms with Gasteiger partial charge in [0.25, 0.3) is 0 Å². The van der Waals surface area contributed by atoms with E-state index in [1.807, 2.05) is 6.08 Å². The summed E-state index contributed by atoms with van der Waals surface area (Å²) in [5, 5.41) is 0. The third kappa shape index (κ3) is 6.22. The fraction of sp³-hybridized carbons (Fsp3) is 0.846. The molecule has 1 rings (SSSR count). The Morgan fingerprint density at radius 2 is 2.12 bits per heavy atom. The molecule has 2 atom stereocenters. The number of hydrogen-bond donors (Lipinski definition) is 1. The normalized spacial score (nSPS) is 24.6. The van der Waals surface area contributed by atoms with Crippen molar-refractivity contribution in [2.75, 3.05) is 11.5 Å². The minimum atomic E-state index is -2.74. The molecule has 17 heavy (non-hydrogen) atoms. The van der Waals surface area contributed by atoms with Gasteiger partial charge >= 0.3 is 0 Å². The molecule has 0 aromatic heterocycles.